The molecule has 2 unspecified atom stereocenters. The number of fused-ring (bicyclic) bond motifs is 3. The molecule has 4 rings (SSSR count). The number of phenolic OH excluding ortho intramolecular Hbond substituents is 1. The first-order valence-corrected chi connectivity index (χ1v) is 13.3. The number of amides is 1. The van der Waals surface area contributed by atoms with Crippen LogP contribution in [0, 0.1) is 52.3 Å². The number of phenols is 1. The van der Waals surface area contributed by atoms with Crippen LogP contribution in [-0.2, 0) is 16.0 Å². The van der Waals surface area contributed by atoms with Gasteiger partial charge in [0.15, 0.2) is 17.2 Å². The zero-order valence-corrected chi connectivity index (χ0v) is 22.9. The number of rotatable bonds is 3. The summed E-state index contributed by atoms with van der Waals surface area (Å²) < 4.78 is 0. The van der Waals surface area contributed by atoms with Crippen molar-refractivity contribution in [1.29, 1.82) is 0 Å². The normalized spacial score (nSPS) is 38.2. The van der Waals surface area contributed by atoms with Crippen molar-refractivity contribution in [2.75, 3.05) is 0 Å². The van der Waals surface area contributed by atoms with E-state index < -0.39 is 63.9 Å². The van der Waals surface area contributed by atoms with E-state index in [2.05, 4.69) is 25.7 Å². The molecule has 0 aromatic heterocycles. The van der Waals surface area contributed by atoms with Gasteiger partial charge >= 0.3 is 0 Å². The van der Waals surface area contributed by atoms with Gasteiger partial charge in [-0.25, -0.2) is 0 Å². The van der Waals surface area contributed by atoms with E-state index in [0.717, 1.165) is 0 Å². The Hall–Kier alpha value is -2.73. The lowest BCUT2D eigenvalue weighted by molar-refractivity contribution is -0.265. The molecule has 3 aliphatic rings. The molecular formula is C30H39NO7. The van der Waals surface area contributed by atoms with E-state index in [1.807, 2.05) is 20.8 Å². The van der Waals surface area contributed by atoms with Crippen LogP contribution in [0.25, 0.3) is 0 Å². The molecule has 1 aromatic carbocycles. The maximum Gasteiger partial charge on any atom is 0.230 e. The first-order valence-electron chi connectivity index (χ1n) is 13.3. The summed E-state index contributed by atoms with van der Waals surface area (Å²) >= 11 is 0. The molecule has 1 aromatic rings. The lowest BCUT2D eigenvalue weighted by Gasteiger charge is -2.66. The van der Waals surface area contributed by atoms with Gasteiger partial charge in [0, 0.05) is 17.4 Å². The van der Waals surface area contributed by atoms with Crippen molar-refractivity contribution in [1.82, 2.24) is 0 Å². The predicted molar refractivity (Wildman–Crippen MR) is 140 cm³/mol. The highest BCUT2D eigenvalue weighted by Gasteiger charge is 2.75. The monoisotopic (exact) mass is 525 g/mol. The van der Waals surface area contributed by atoms with Crippen molar-refractivity contribution < 1.29 is 34.8 Å². The molecule has 2 saturated carbocycles. The molecule has 8 heteroatoms. The molecule has 0 spiro atoms. The zero-order chi connectivity index (χ0) is 28.5. The average Bonchev–Trinajstić information content (AvgIpc) is 2.77. The zero-order valence-electron chi connectivity index (χ0n) is 22.9. The number of ketones is 2. The van der Waals surface area contributed by atoms with Gasteiger partial charge in [-0.05, 0) is 53.7 Å². The van der Waals surface area contributed by atoms with Gasteiger partial charge in [-0.3, -0.25) is 14.4 Å². The van der Waals surface area contributed by atoms with E-state index in [0.29, 0.717) is 23.5 Å². The maximum absolute atomic E-state index is 14.0. The summed E-state index contributed by atoms with van der Waals surface area (Å²) in [5, 5.41) is 45.8. The number of aliphatic hydroxyl groups excluding tert-OH is 2. The predicted octanol–water partition coefficient (Wildman–Crippen LogP) is 1.97. The molecule has 0 bridgehead atoms. The second-order valence-electron chi connectivity index (χ2n) is 12.9. The average molecular weight is 526 g/mol. The van der Waals surface area contributed by atoms with Crippen molar-refractivity contribution in [3.63, 3.8) is 0 Å². The molecule has 0 heterocycles. The minimum absolute atomic E-state index is 0.0326. The topological polar surface area (TPSA) is 158 Å². The van der Waals surface area contributed by atoms with Gasteiger partial charge in [0.25, 0.3) is 0 Å². The molecule has 0 radical (unpaired) electrons. The fourth-order valence-corrected chi connectivity index (χ4v) is 8.00. The van der Waals surface area contributed by atoms with Crippen molar-refractivity contribution in [3.05, 3.63) is 28.8 Å². The number of hydrogen-bond donors (Lipinski definition) is 5. The summed E-state index contributed by atoms with van der Waals surface area (Å²) in [5.74, 6) is -0.399. The fourth-order valence-electron chi connectivity index (χ4n) is 8.00. The van der Waals surface area contributed by atoms with E-state index >= 15 is 0 Å². The molecule has 3 aliphatic carbocycles. The second kappa shape index (κ2) is 9.18. The fraction of sp³-hybridized carbons (Fsp3) is 0.633. The van der Waals surface area contributed by atoms with Crippen LogP contribution < -0.4 is 5.73 Å². The van der Waals surface area contributed by atoms with Gasteiger partial charge in [0.1, 0.15) is 17.8 Å². The Morgan fingerprint density at radius 1 is 1.16 bits per heavy atom. The number of carbonyl (C=O) groups is 3. The lowest BCUT2D eigenvalue weighted by Crippen LogP contribution is -2.79. The van der Waals surface area contributed by atoms with Crippen molar-refractivity contribution >= 4 is 17.5 Å². The highest BCUT2D eigenvalue weighted by molar-refractivity contribution is 6.09. The molecule has 0 saturated heterocycles. The third kappa shape index (κ3) is 3.74. The van der Waals surface area contributed by atoms with E-state index in [1.165, 1.54) is 6.07 Å². The number of aliphatic hydroxyl groups is 3. The number of Topliss-reactive ketones (excluding diaryl/α,β-unsaturated/α-hetero) is 2. The molecule has 8 atom stereocenters. The van der Waals surface area contributed by atoms with Crippen LogP contribution >= 0.6 is 0 Å². The van der Waals surface area contributed by atoms with E-state index in [4.69, 9.17) is 5.73 Å². The molecule has 8 nitrogen and oxygen atoms in total. The SMILES string of the molecule is CC(C)CC#Cc1ccc(O)c2c1C[C@]1(C)C[C@]3(C)[C@@H](C(C)C)C(O)[C@@H](C(N)=O)C(=O)[C@]3(O)C(O)[C@H]1C2=O. The lowest BCUT2D eigenvalue weighted by atomic mass is 9.39. The molecule has 1 amide bonds. The van der Waals surface area contributed by atoms with Gasteiger partial charge < -0.3 is 26.2 Å². The molecule has 6 N–H and O–H groups in total. The molecule has 38 heavy (non-hydrogen) atoms. The van der Waals surface area contributed by atoms with Gasteiger partial charge in [-0.2, -0.15) is 0 Å². The molecular weight excluding hydrogens is 486 g/mol. The largest absolute Gasteiger partial charge is 0.507 e. The smallest absolute Gasteiger partial charge is 0.230 e. The Labute approximate surface area is 223 Å². The maximum atomic E-state index is 14.0. The summed E-state index contributed by atoms with van der Waals surface area (Å²) in [5.41, 5.74) is 1.88. The number of nitrogens with two attached hydrogens (primary N) is 1. The van der Waals surface area contributed by atoms with Gasteiger partial charge in [-0.15, -0.1) is 0 Å². The summed E-state index contributed by atoms with van der Waals surface area (Å²) in [7, 11) is 0. The van der Waals surface area contributed by atoms with Crippen molar-refractivity contribution in [3.8, 4) is 17.6 Å². The third-order valence-corrected chi connectivity index (χ3v) is 9.40. The summed E-state index contributed by atoms with van der Waals surface area (Å²) in [6, 6.07) is 3.07. The third-order valence-electron chi connectivity index (χ3n) is 9.40. The summed E-state index contributed by atoms with van der Waals surface area (Å²) in [4.78, 5) is 40.0. The van der Waals surface area contributed by atoms with Gasteiger partial charge in [0.2, 0.25) is 5.91 Å². The van der Waals surface area contributed by atoms with Gasteiger partial charge in [-0.1, -0.05) is 53.4 Å². The van der Waals surface area contributed by atoms with Crippen LogP contribution in [0.5, 0.6) is 5.75 Å². The van der Waals surface area contributed by atoms with Crippen molar-refractivity contribution in [2.45, 2.75) is 78.6 Å². The van der Waals surface area contributed by atoms with E-state index in [1.54, 1.807) is 13.0 Å². The van der Waals surface area contributed by atoms with Crippen LogP contribution in [0.3, 0.4) is 0 Å². The quantitative estimate of drug-likeness (QED) is 0.298. The Morgan fingerprint density at radius 2 is 1.79 bits per heavy atom. The highest BCUT2D eigenvalue weighted by atomic mass is 16.4. The van der Waals surface area contributed by atoms with E-state index in [9.17, 15) is 34.8 Å². The highest BCUT2D eigenvalue weighted by Crippen LogP contribution is 2.65. The van der Waals surface area contributed by atoms with Crippen LogP contribution in [-0.4, -0.2) is 55.7 Å². The minimum Gasteiger partial charge on any atom is -0.507 e. The number of hydrogen-bond acceptors (Lipinski definition) is 7. The Morgan fingerprint density at radius 3 is 2.34 bits per heavy atom. The summed E-state index contributed by atoms with van der Waals surface area (Å²) in [6.45, 7) is 11.2. The molecule has 206 valence electrons. The number of aromatic hydroxyl groups is 1. The van der Waals surface area contributed by atoms with Crippen LogP contribution in [0.2, 0.25) is 0 Å². The second-order valence-corrected chi connectivity index (χ2v) is 12.9. The molecule has 2 fully saturated rings. The first-order chi connectivity index (χ1) is 17.5. The number of benzene rings is 1. The van der Waals surface area contributed by atoms with Crippen LogP contribution in [0.4, 0.5) is 0 Å². The molecule has 0 aliphatic heterocycles. The number of carbonyl (C=O) groups excluding carboxylic acids is 3. The Kier molecular flexibility index (Phi) is 6.83. The Bertz CT molecular complexity index is 1260. The van der Waals surface area contributed by atoms with Crippen LogP contribution in [0.1, 0.15) is 75.9 Å². The van der Waals surface area contributed by atoms with E-state index in [-0.39, 0.29) is 30.1 Å². The van der Waals surface area contributed by atoms with Gasteiger partial charge in [0.05, 0.1) is 17.6 Å². The summed E-state index contributed by atoms with van der Waals surface area (Å²) in [6.07, 6.45) is -2.31. The standard InChI is InChI=1S/C30H39NO7/c1-14(2)8-7-9-16-10-11-18(32)19-17(16)12-28(5)13-29(6)21(15(3)4)24(34)20(27(31)37)25(35)30(29,38)26(36)22(28)23(19)33/h10-11,14-15,20-22,24,26,32,34,36,38H,8,12-13H2,1-6H3,(H2,31,37)/t20-,21+,22-,24?,26?,28-,29-,30+/m1/s1. The van der Waals surface area contributed by atoms with Crippen LogP contribution in [0.15, 0.2) is 12.1 Å². The number of primary amides is 1. The first kappa shape index (κ1) is 28.3. The Balaban J connectivity index is 1.93. The van der Waals surface area contributed by atoms with Crippen molar-refractivity contribution in [2.24, 2.45) is 46.2 Å². The minimum atomic E-state index is -2.51.